The minimum Gasteiger partial charge on any atom is -0.474 e. The Balaban J connectivity index is 1.55. The van der Waals surface area contributed by atoms with Gasteiger partial charge in [-0.25, -0.2) is 15.0 Å². The molecule has 35 heavy (non-hydrogen) atoms. The third kappa shape index (κ3) is 5.45. The minimum atomic E-state index is -0.687. The van der Waals surface area contributed by atoms with Crippen molar-refractivity contribution < 1.29 is 14.3 Å². The van der Waals surface area contributed by atoms with Gasteiger partial charge < -0.3 is 20.5 Å². The molecule has 3 N–H and O–H groups in total. The Kier molecular flexibility index (Phi) is 7.35. The number of rotatable bonds is 10. The molecule has 186 valence electrons. The first kappa shape index (κ1) is 25.0. The van der Waals surface area contributed by atoms with E-state index in [2.05, 4.69) is 21.5 Å². The van der Waals surface area contributed by atoms with E-state index in [1.165, 1.54) is 5.75 Å². The van der Waals surface area contributed by atoms with E-state index >= 15 is 0 Å². The number of nitrogens with one attached hydrogen (secondary N) is 1. The van der Waals surface area contributed by atoms with E-state index in [1.807, 2.05) is 57.7 Å². The molecule has 9 heteroatoms. The van der Waals surface area contributed by atoms with Crippen molar-refractivity contribution in [3.8, 4) is 5.88 Å². The van der Waals surface area contributed by atoms with Gasteiger partial charge in [0.05, 0.1) is 23.0 Å². The molecule has 0 saturated heterocycles. The largest absolute Gasteiger partial charge is 0.474 e. The summed E-state index contributed by atoms with van der Waals surface area (Å²) in [4.78, 5) is 24.7. The summed E-state index contributed by atoms with van der Waals surface area (Å²) in [5.41, 5.74) is 7.99. The number of fused-ring (bicyclic) bond motifs is 1. The third-order valence-corrected chi connectivity index (χ3v) is 7.64. The number of thioether (sulfide) groups is 1. The van der Waals surface area contributed by atoms with Crippen LogP contribution in [0.4, 0.5) is 17.3 Å². The Morgan fingerprint density at radius 1 is 1.23 bits per heavy atom. The second-order valence-corrected chi connectivity index (χ2v) is 10.6. The first-order chi connectivity index (χ1) is 16.7. The Morgan fingerprint density at radius 3 is 2.71 bits per heavy atom. The maximum absolute atomic E-state index is 10.9. The molecular weight excluding hydrogens is 462 g/mol. The van der Waals surface area contributed by atoms with Crippen LogP contribution in [0.2, 0.25) is 0 Å². The highest BCUT2D eigenvalue weighted by atomic mass is 32.2. The molecule has 3 aromatic rings. The van der Waals surface area contributed by atoms with Gasteiger partial charge in [-0.1, -0.05) is 13.0 Å². The number of carbonyl (C=O) groups excluding carboxylic acids is 1. The highest BCUT2D eigenvalue weighted by molar-refractivity contribution is 7.98. The SMILES string of the molecule is CSCC1CC(Oc2ncc(N)c3cc(Nc4ccc(C)c(C(C)C(C)(C)OC=O)n4)ncc23)C1. The Labute approximate surface area is 210 Å². The fourth-order valence-corrected chi connectivity index (χ4v) is 5.08. The van der Waals surface area contributed by atoms with Crippen LogP contribution in [0.3, 0.4) is 0 Å². The number of ether oxygens (including phenoxy) is 2. The monoisotopic (exact) mass is 495 g/mol. The maximum atomic E-state index is 10.9. The quantitative estimate of drug-likeness (QED) is 0.365. The summed E-state index contributed by atoms with van der Waals surface area (Å²) in [7, 11) is 0. The standard InChI is InChI=1S/C26H33N5O3S/c1-15-6-7-22(31-24(15)16(2)26(3,4)33-14-32)30-23-10-19-20(11-28-23)25(29-12-21(19)27)34-18-8-17(9-18)13-35-5/h6-7,10-12,14,16-18H,8-9,13,27H2,1-5H3,(H,28,30,31). The lowest BCUT2D eigenvalue weighted by Crippen LogP contribution is -2.35. The van der Waals surface area contributed by atoms with Crippen molar-refractivity contribution >= 4 is 46.3 Å². The summed E-state index contributed by atoms with van der Waals surface area (Å²) in [6.07, 6.45) is 7.81. The number of carbonyl (C=O) groups is 1. The highest BCUT2D eigenvalue weighted by Crippen LogP contribution is 2.37. The van der Waals surface area contributed by atoms with Crippen molar-refractivity contribution in [3.63, 3.8) is 0 Å². The molecule has 0 amide bonds. The van der Waals surface area contributed by atoms with Crippen LogP contribution >= 0.6 is 11.8 Å². The van der Waals surface area contributed by atoms with Crippen molar-refractivity contribution in [1.82, 2.24) is 15.0 Å². The Bertz CT molecular complexity index is 1210. The van der Waals surface area contributed by atoms with E-state index in [0.717, 1.165) is 34.9 Å². The predicted octanol–water partition coefficient (Wildman–Crippen LogP) is 5.23. The molecule has 1 fully saturated rings. The number of pyridine rings is 3. The van der Waals surface area contributed by atoms with Crippen molar-refractivity contribution in [2.75, 3.05) is 23.1 Å². The van der Waals surface area contributed by atoms with Crippen LogP contribution in [-0.4, -0.2) is 45.1 Å². The predicted molar refractivity (Wildman–Crippen MR) is 141 cm³/mol. The molecule has 0 bridgehead atoms. The summed E-state index contributed by atoms with van der Waals surface area (Å²) in [5, 5.41) is 4.90. The molecule has 0 aromatic carbocycles. The summed E-state index contributed by atoms with van der Waals surface area (Å²) < 4.78 is 11.5. The Hall–Kier alpha value is -3.07. The van der Waals surface area contributed by atoms with E-state index in [9.17, 15) is 4.79 Å². The van der Waals surface area contributed by atoms with Crippen LogP contribution in [0, 0.1) is 12.8 Å². The first-order valence-corrected chi connectivity index (χ1v) is 13.2. The normalized spacial score (nSPS) is 18.5. The van der Waals surface area contributed by atoms with Crippen LogP contribution in [-0.2, 0) is 9.53 Å². The lowest BCUT2D eigenvalue weighted by atomic mass is 9.84. The van der Waals surface area contributed by atoms with E-state index in [0.29, 0.717) is 35.6 Å². The second-order valence-electron chi connectivity index (χ2n) is 9.73. The summed E-state index contributed by atoms with van der Waals surface area (Å²) in [6, 6.07) is 5.78. The average Bonchev–Trinajstić information content (AvgIpc) is 2.80. The van der Waals surface area contributed by atoms with Gasteiger partial charge in [0.25, 0.3) is 6.47 Å². The van der Waals surface area contributed by atoms with E-state index in [-0.39, 0.29) is 12.0 Å². The van der Waals surface area contributed by atoms with Gasteiger partial charge in [-0.15, -0.1) is 0 Å². The number of nitrogens with zero attached hydrogens (tertiary/aromatic N) is 3. The van der Waals surface area contributed by atoms with Crippen molar-refractivity contribution in [1.29, 1.82) is 0 Å². The molecule has 1 atom stereocenters. The van der Waals surface area contributed by atoms with Gasteiger partial charge in [0.1, 0.15) is 23.3 Å². The van der Waals surface area contributed by atoms with Gasteiger partial charge in [-0.3, -0.25) is 4.79 Å². The van der Waals surface area contributed by atoms with Crippen LogP contribution < -0.4 is 15.8 Å². The van der Waals surface area contributed by atoms with Crippen LogP contribution in [0.1, 0.15) is 50.8 Å². The fourth-order valence-electron chi connectivity index (χ4n) is 4.33. The first-order valence-electron chi connectivity index (χ1n) is 11.8. The molecule has 1 unspecified atom stereocenters. The lowest BCUT2D eigenvalue weighted by Gasteiger charge is -2.34. The lowest BCUT2D eigenvalue weighted by molar-refractivity contribution is -0.142. The zero-order valence-electron chi connectivity index (χ0n) is 20.9. The van der Waals surface area contributed by atoms with Gasteiger partial charge in [0, 0.05) is 17.5 Å². The number of nitrogens with two attached hydrogens (primary N) is 1. The van der Waals surface area contributed by atoms with E-state index in [4.69, 9.17) is 20.2 Å². The van der Waals surface area contributed by atoms with Gasteiger partial charge in [0.2, 0.25) is 5.88 Å². The molecule has 0 aliphatic heterocycles. The molecule has 8 nitrogen and oxygen atoms in total. The van der Waals surface area contributed by atoms with Gasteiger partial charge >= 0.3 is 0 Å². The van der Waals surface area contributed by atoms with Crippen LogP contribution in [0.25, 0.3) is 10.8 Å². The number of nitrogen functional groups attached to an aromatic ring is 1. The smallest absolute Gasteiger partial charge is 0.293 e. The van der Waals surface area contributed by atoms with Crippen LogP contribution in [0.5, 0.6) is 5.88 Å². The van der Waals surface area contributed by atoms with Crippen molar-refractivity contribution in [2.45, 2.75) is 58.2 Å². The molecule has 1 saturated carbocycles. The summed E-state index contributed by atoms with van der Waals surface area (Å²) in [6.45, 7) is 8.23. The maximum Gasteiger partial charge on any atom is 0.293 e. The fraction of sp³-hybridized carbons (Fsp3) is 0.462. The number of anilines is 3. The molecule has 1 aliphatic rings. The molecule has 0 radical (unpaired) electrons. The van der Waals surface area contributed by atoms with Crippen molar-refractivity contribution in [2.24, 2.45) is 5.92 Å². The van der Waals surface area contributed by atoms with Gasteiger partial charge in [-0.2, -0.15) is 11.8 Å². The number of hydrogen-bond acceptors (Lipinski definition) is 9. The average molecular weight is 496 g/mol. The zero-order chi connectivity index (χ0) is 25.2. The summed E-state index contributed by atoms with van der Waals surface area (Å²) >= 11 is 1.88. The molecule has 3 aromatic heterocycles. The van der Waals surface area contributed by atoms with Gasteiger partial charge in [-0.05, 0) is 69.2 Å². The van der Waals surface area contributed by atoms with E-state index < -0.39 is 5.60 Å². The number of hydrogen-bond donors (Lipinski definition) is 2. The second kappa shape index (κ2) is 10.3. The number of aryl methyl sites for hydroxylation is 1. The molecule has 1 aliphatic carbocycles. The topological polar surface area (TPSA) is 112 Å². The molecule has 4 rings (SSSR count). The zero-order valence-corrected chi connectivity index (χ0v) is 21.7. The van der Waals surface area contributed by atoms with E-state index in [1.54, 1.807) is 12.4 Å². The summed E-state index contributed by atoms with van der Waals surface area (Å²) in [5.74, 6) is 3.61. The van der Waals surface area contributed by atoms with Crippen molar-refractivity contribution in [3.05, 3.63) is 41.9 Å². The molecular formula is C26H33N5O3S. The minimum absolute atomic E-state index is 0.109. The van der Waals surface area contributed by atoms with Crippen LogP contribution in [0.15, 0.2) is 30.6 Å². The highest BCUT2D eigenvalue weighted by Gasteiger charge is 2.32. The Morgan fingerprint density at radius 2 is 2.00 bits per heavy atom. The molecule has 3 heterocycles. The molecule has 0 spiro atoms. The number of aromatic nitrogens is 3. The third-order valence-electron chi connectivity index (χ3n) is 6.84. The van der Waals surface area contributed by atoms with Gasteiger partial charge in [0.15, 0.2) is 0 Å².